The Hall–Kier alpha value is -2.83. The third-order valence-electron chi connectivity index (χ3n) is 2.98. The summed E-state index contributed by atoms with van der Waals surface area (Å²) in [6.07, 6.45) is -0.484. The summed E-state index contributed by atoms with van der Waals surface area (Å²) in [5.74, 6) is -1.75. The Bertz CT molecular complexity index is 619. The van der Waals surface area contributed by atoms with Gasteiger partial charge in [0.05, 0.1) is 27.1 Å². The lowest BCUT2D eigenvalue weighted by Crippen LogP contribution is -2.15. The number of ether oxygens (including phenoxy) is 3. The fourth-order valence-electron chi connectivity index (χ4n) is 1.75. The van der Waals surface area contributed by atoms with Crippen molar-refractivity contribution in [1.82, 2.24) is 0 Å². The number of carbonyl (C=O) groups is 3. The fourth-order valence-corrected chi connectivity index (χ4v) is 1.75. The Morgan fingerprint density at radius 3 is 2.35 bits per heavy atom. The molecule has 1 aromatic carbocycles. The Balaban J connectivity index is 2.61. The van der Waals surface area contributed by atoms with E-state index in [1.165, 1.54) is 14.2 Å². The number of carboxylic acids is 1. The van der Waals surface area contributed by atoms with Crippen molar-refractivity contribution < 1.29 is 33.7 Å². The molecule has 0 unspecified atom stereocenters. The van der Waals surface area contributed by atoms with Crippen LogP contribution in [0.25, 0.3) is 0 Å². The molecule has 0 saturated heterocycles. The summed E-state index contributed by atoms with van der Waals surface area (Å²) in [5.41, 5.74) is 0.392. The number of carbonyl (C=O) groups excluding carboxylic acids is 2. The lowest BCUT2D eigenvalue weighted by atomic mass is 10.1. The molecular formula is C16H18O7. The van der Waals surface area contributed by atoms with Crippen molar-refractivity contribution >= 4 is 17.9 Å². The molecule has 1 rings (SSSR count). The molecule has 0 radical (unpaired) electrons. The second-order valence-corrected chi connectivity index (χ2v) is 4.61. The Morgan fingerprint density at radius 2 is 1.78 bits per heavy atom. The minimum atomic E-state index is -1.19. The van der Waals surface area contributed by atoms with Gasteiger partial charge in [0.1, 0.15) is 11.5 Å². The summed E-state index contributed by atoms with van der Waals surface area (Å²) >= 11 is 0. The van der Waals surface area contributed by atoms with Crippen LogP contribution in [-0.2, 0) is 25.5 Å². The number of hydrogen-bond acceptors (Lipinski definition) is 6. The number of esters is 2. The molecule has 0 aromatic heterocycles. The van der Waals surface area contributed by atoms with Crippen molar-refractivity contribution in [3.05, 3.63) is 35.9 Å². The maximum absolute atomic E-state index is 11.8. The van der Waals surface area contributed by atoms with Crippen LogP contribution in [0.15, 0.2) is 30.4 Å². The SMILES string of the molecule is C=C(CCC(=O)OC(=O)Cc1cc(OC)ccc1OC)C(=O)O. The Morgan fingerprint density at radius 1 is 1.09 bits per heavy atom. The van der Waals surface area contributed by atoms with E-state index >= 15 is 0 Å². The van der Waals surface area contributed by atoms with Crippen LogP contribution < -0.4 is 9.47 Å². The average molecular weight is 322 g/mol. The van der Waals surface area contributed by atoms with Crippen molar-refractivity contribution in [1.29, 1.82) is 0 Å². The molecule has 0 heterocycles. The van der Waals surface area contributed by atoms with Gasteiger partial charge in [-0.3, -0.25) is 9.59 Å². The van der Waals surface area contributed by atoms with Gasteiger partial charge >= 0.3 is 17.9 Å². The van der Waals surface area contributed by atoms with Gasteiger partial charge < -0.3 is 19.3 Å². The van der Waals surface area contributed by atoms with Crippen LogP contribution in [0.4, 0.5) is 0 Å². The predicted octanol–water partition coefficient (Wildman–Crippen LogP) is 1.74. The fraction of sp³-hybridized carbons (Fsp3) is 0.312. The van der Waals surface area contributed by atoms with Gasteiger partial charge in [0.25, 0.3) is 0 Å². The first-order valence-corrected chi connectivity index (χ1v) is 6.72. The van der Waals surface area contributed by atoms with E-state index in [0.29, 0.717) is 17.1 Å². The smallest absolute Gasteiger partial charge is 0.330 e. The summed E-state index contributed by atoms with van der Waals surface area (Å²) in [4.78, 5) is 33.9. The number of rotatable bonds is 8. The summed E-state index contributed by atoms with van der Waals surface area (Å²) in [6.45, 7) is 3.29. The van der Waals surface area contributed by atoms with Gasteiger partial charge in [-0.1, -0.05) is 6.58 Å². The molecule has 0 atom stereocenters. The van der Waals surface area contributed by atoms with Gasteiger partial charge in [-0.05, 0) is 24.6 Å². The van der Waals surface area contributed by atoms with Crippen LogP contribution in [0.2, 0.25) is 0 Å². The molecule has 1 aromatic rings. The van der Waals surface area contributed by atoms with Crippen molar-refractivity contribution in [3.63, 3.8) is 0 Å². The topological polar surface area (TPSA) is 99.1 Å². The third kappa shape index (κ3) is 5.82. The van der Waals surface area contributed by atoms with Crippen molar-refractivity contribution in [3.8, 4) is 11.5 Å². The van der Waals surface area contributed by atoms with E-state index in [-0.39, 0.29) is 24.8 Å². The van der Waals surface area contributed by atoms with E-state index in [1.807, 2.05) is 0 Å². The van der Waals surface area contributed by atoms with Crippen LogP contribution in [0.5, 0.6) is 11.5 Å². The molecule has 0 amide bonds. The van der Waals surface area contributed by atoms with Gasteiger partial charge in [-0.25, -0.2) is 4.79 Å². The van der Waals surface area contributed by atoms with E-state index in [4.69, 9.17) is 14.6 Å². The zero-order valence-electron chi connectivity index (χ0n) is 13.0. The molecule has 1 N–H and O–H groups in total. The zero-order chi connectivity index (χ0) is 17.4. The highest BCUT2D eigenvalue weighted by Gasteiger charge is 2.16. The predicted molar refractivity (Wildman–Crippen MR) is 80.4 cm³/mol. The van der Waals surface area contributed by atoms with Crippen LogP contribution in [0.3, 0.4) is 0 Å². The standard InChI is InChI=1S/C16H18O7/c1-10(16(19)20)4-7-14(17)23-15(18)9-11-8-12(21-2)5-6-13(11)22-3/h5-6,8H,1,4,7,9H2,2-3H3,(H,19,20). The van der Waals surface area contributed by atoms with E-state index in [0.717, 1.165) is 0 Å². The lowest BCUT2D eigenvalue weighted by molar-refractivity contribution is -0.159. The second-order valence-electron chi connectivity index (χ2n) is 4.61. The number of benzene rings is 1. The Kier molecular flexibility index (Phi) is 6.79. The third-order valence-corrected chi connectivity index (χ3v) is 2.98. The molecule has 0 fully saturated rings. The minimum absolute atomic E-state index is 0.0794. The highest BCUT2D eigenvalue weighted by Crippen LogP contribution is 2.24. The van der Waals surface area contributed by atoms with Gasteiger partial charge in [-0.15, -0.1) is 0 Å². The molecule has 0 spiro atoms. The first-order valence-electron chi connectivity index (χ1n) is 6.72. The molecule has 0 aliphatic heterocycles. The first kappa shape index (κ1) is 18.2. The van der Waals surface area contributed by atoms with Gasteiger partial charge in [0.15, 0.2) is 0 Å². The minimum Gasteiger partial charge on any atom is -0.497 e. The second kappa shape index (κ2) is 8.57. The molecule has 0 bridgehead atoms. The number of aliphatic carboxylic acids is 1. The van der Waals surface area contributed by atoms with Crippen LogP contribution in [0, 0.1) is 0 Å². The lowest BCUT2D eigenvalue weighted by Gasteiger charge is -2.10. The van der Waals surface area contributed by atoms with Gasteiger partial charge in [-0.2, -0.15) is 0 Å². The monoisotopic (exact) mass is 322 g/mol. The number of carboxylic acid groups (broad SMARTS) is 1. The molecular weight excluding hydrogens is 304 g/mol. The quantitative estimate of drug-likeness (QED) is 0.442. The first-order chi connectivity index (χ1) is 10.9. The Labute approximate surface area is 133 Å². The van der Waals surface area contributed by atoms with E-state index < -0.39 is 17.9 Å². The van der Waals surface area contributed by atoms with Crippen LogP contribution in [0.1, 0.15) is 18.4 Å². The van der Waals surface area contributed by atoms with E-state index in [2.05, 4.69) is 11.3 Å². The van der Waals surface area contributed by atoms with Gasteiger partial charge in [0, 0.05) is 11.1 Å². The normalized spacial score (nSPS) is 9.83. The molecule has 0 aliphatic rings. The molecule has 0 saturated carbocycles. The van der Waals surface area contributed by atoms with Gasteiger partial charge in [0.2, 0.25) is 0 Å². The summed E-state index contributed by atoms with van der Waals surface area (Å²) in [7, 11) is 2.95. The van der Waals surface area contributed by atoms with Crippen LogP contribution in [-0.4, -0.2) is 37.2 Å². The molecule has 124 valence electrons. The van der Waals surface area contributed by atoms with E-state index in [1.54, 1.807) is 18.2 Å². The highest BCUT2D eigenvalue weighted by atomic mass is 16.6. The van der Waals surface area contributed by atoms with Crippen LogP contribution >= 0.6 is 0 Å². The van der Waals surface area contributed by atoms with Crippen molar-refractivity contribution in [2.24, 2.45) is 0 Å². The van der Waals surface area contributed by atoms with Crippen molar-refractivity contribution in [2.75, 3.05) is 14.2 Å². The summed E-state index contributed by atoms with van der Waals surface area (Å²) in [5, 5.41) is 8.63. The summed E-state index contributed by atoms with van der Waals surface area (Å²) < 4.78 is 14.8. The largest absolute Gasteiger partial charge is 0.497 e. The number of hydrogen-bond donors (Lipinski definition) is 1. The maximum Gasteiger partial charge on any atom is 0.330 e. The zero-order valence-corrected chi connectivity index (χ0v) is 13.0. The molecule has 0 aliphatic carbocycles. The number of methoxy groups -OCH3 is 2. The highest BCUT2D eigenvalue weighted by molar-refractivity contribution is 5.89. The summed E-state index contributed by atoms with van der Waals surface area (Å²) in [6, 6.07) is 4.92. The average Bonchev–Trinajstić information content (AvgIpc) is 2.52. The molecule has 23 heavy (non-hydrogen) atoms. The van der Waals surface area contributed by atoms with Crippen molar-refractivity contribution in [2.45, 2.75) is 19.3 Å². The maximum atomic E-state index is 11.8. The van der Waals surface area contributed by atoms with E-state index in [9.17, 15) is 14.4 Å². The molecule has 7 nitrogen and oxygen atoms in total. The molecule has 7 heteroatoms.